The molecule has 1 heterocycles. The molecular weight excluding hydrogens is 283 g/mol. The van der Waals surface area contributed by atoms with E-state index in [1.54, 1.807) is 6.07 Å². The highest BCUT2D eigenvalue weighted by Crippen LogP contribution is 2.23. The van der Waals surface area contributed by atoms with Crippen molar-refractivity contribution in [3.8, 4) is 17.7 Å². The highest BCUT2D eigenvalue weighted by atomic mass is 35.5. The molecule has 20 heavy (non-hydrogen) atoms. The van der Waals surface area contributed by atoms with Crippen molar-refractivity contribution in [2.45, 2.75) is 6.61 Å². The number of hydrogen-bond acceptors (Lipinski definition) is 4. The largest absolute Gasteiger partial charge is 0.496 e. The van der Waals surface area contributed by atoms with Gasteiger partial charge in [0.25, 0.3) is 0 Å². The molecule has 0 saturated carbocycles. The lowest BCUT2D eigenvalue weighted by Crippen LogP contribution is -2.01. The second-order valence-corrected chi connectivity index (χ2v) is 4.26. The van der Waals surface area contributed by atoms with E-state index in [-0.39, 0.29) is 23.2 Å². The predicted octanol–water partition coefficient (Wildman–Crippen LogP) is 3.33. The summed E-state index contributed by atoms with van der Waals surface area (Å²) >= 11 is 5.80. The van der Waals surface area contributed by atoms with Crippen LogP contribution < -0.4 is 9.47 Å². The zero-order valence-electron chi connectivity index (χ0n) is 10.6. The molecule has 0 aliphatic heterocycles. The molecule has 0 unspecified atom stereocenters. The quantitative estimate of drug-likeness (QED) is 0.811. The Labute approximate surface area is 120 Å². The minimum absolute atomic E-state index is 0.0198. The van der Waals surface area contributed by atoms with Crippen molar-refractivity contribution in [3.63, 3.8) is 0 Å². The van der Waals surface area contributed by atoms with E-state index in [1.165, 1.54) is 25.3 Å². The summed E-state index contributed by atoms with van der Waals surface area (Å²) in [6, 6.07) is 9.13. The number of ether oxygens (including phenoxy) is 2. The van der Waals surface area contributed by atoms with Crippen LogP contribution in [-0.2, 0) is 6.61 Å². The Morgan fingerprint density at radius 3 is 2.80 bits per heavy atom. The average Bonchev–Trinajstić information content (AvgIpc) is 2.45. The maximum absolute atomic E-state index is 13.7. The Kier molecular flexibility index (Phi) is 4.38. The van der Waals surface area contributed by atoms with E-state index in [1.807, 2.05) is 6.07 Å². The summed E-state index contributed by atoms with van der Waals surface area (Å²) in [6.45, 7) is -0.0198. The molecule has 0 spiro atoms. The second-order valence-electron chi connectivity index (χ2n) is 3.87. The highest BCUT2D eigenvalue weighted by Gasteiger charge is 2.07. The first-order chi connectivity index (χ1) is 9.62. The lowest BCUT2D eigenvalue weighted by Gasteiger charge is -2.08. The van der Waals surface area contributed by atoms with Gasteiger partial charge in [0.2, 0.25) is 5.88 Å². The van der Waals surface area contributed by atoms with Crippen molar-refractivity contribution in [2.75, 3.05) is 7.11 Å². The first kappa shape index (κ1) is 14.1. The number of hydrogen-bond donors (Lipinski definition) is 0. The molecular formula is C14H10ClFN2O2. The molecule has 6 heteroatoms. The number of nitrogens with zero attached hydrogens (tertiary/aromatic N) is 2. The monoisotopic (exact) mass is 292 g/mol. The maximum atomic E-state index is 13.7. The van der Waals surface area contributed by atoms with Gasteiger partial charge in [-0.05, 0) is 12.1 Å². The number of rotatable bonds is 4. The van der Waals surface area contributed by atoms with Crippen molar-refractivity contribution in [3.05, 3.63) is 52.4 Å². The molecule has 0 N–H and O–H groups in total. The first-order valence-corrected chi connectivity index (χ1v) is 6.03. The van der Waals surface area contributed by atoms with Crippen molar-refractivity contribution in [1.82, 2.24) is 4.98 Å². The number of aromatic nitrogens is 1. The van der Waals surface area contributed by atoms with Gasteiger partial charge in [0.15, 0.2) is 0 Å². The van der Waals surface area contributed by atoms with Crippen LogP contribution in [0.15, 0.2) is 30.3 Å². The molecule has 4 nitrogen and oxygen atoms in total. The Balaban J connectivity index is 2.13. The standard InChI is InChI=1S/C14H10ClFN2O2/c1-19-11-5-13(15)18-14(6-11)20-8-10-3-2-9(7-17)4-12(10)16/h2-6H,8H2,1H3. The van der Waals surface area contributed by atoms with Gasteiger partial charge >= 0.3 is 0 Å². The second kappa shape index (κ2) is 6.22. The lowest BCUT2D eigenvalue weighted by molar-refractivity contribution is 0.285. The molecule has 2 aromatic rings. The lowest BCUT2D eigenvalue weighted by atomic mass is 10.1. The van der Waals surface area contributed by atoms with Gasteiger partial charge in [0, 0.05) is 17.7 Å². The number of methoxy groups -OCH3 is 1. The van der Waals surface area contributed by atoms with E-state index in [0.717, 1.165) is 6.07 Å². The van der Waals surface area contributed by atoms with Crippen LogP contribution in [0.1, 0.15) is 11.1 Å². The molecule has 102 valence electrons. The molecule has 0 saturated heterocycles. The van der Waals surface area contributed by atoms with E-state index in [4.69, 9.17) is 26.3 Å². The molecule has 0 bridgehead atoms. The summed E-state index contributed by atoms with van der Waals surface area (Å²) in [5, 5.41) is 8.88. The SMILES string of the molecule is COc1cc(Cl)nc(OCc2ccc(C#N)cc2F)c1. The van der Waals surface area contributed by atoms with Crippen molar-refractivity contribution < 1.29 is 13.9 Å². The van der Waals surface area contributed by atoms with E-state index in [0.29, 0.717) is 11.3 Å². The van der Waals surface area contributed by atoms with E-state index in [2.05, 4.69) is 4.98 Å². The van der Waals surface area contributed by atoms with Gasteiger partial charge in [-0.2, -0.15) is 5.26 Å². The van der Waals surface area contributed by atoms with E-state index in [9.17, 15) is 4.39 Å². The van der Waals surface area contributed by atoms with Gasteiger partial charge in [-0.15, -0.1) is 0 Å². The smallest absolute Gasteiger partial charge is 0.218 e. The maximum Gasteiger partial charge on any atom is 0.218 e. The summed E-state index contributed by atoms with van der Waals surface area (Å²) in [6.07, 6.45) is 0. The van der Waals surface area contributed by atoms with Crippen molar-refractivity contribution >= 4 is 11.6 Å². The van der Waals surface area contributed by atoms with Gasteiger partial charge in [-0.25, -0.2) is 9.37 Å². The minimum Gasteiger partial charge on any atom is -0.496 e. The molecule has 0 amide bonds. The first-order valence-electron chi connectivity index (χ1n) is 5.65. The molecule has 0 atom stereocenters. The van der Waals surface area contributed by atoms with Crippen LogP contribution in [0.5, 0.6) is 11.6 Å². The number of pyridine rings is 1. The minimum atomic E-state index is -0.502. The fraction of sp³-hybridized carbons (Fsp3) is 0.143. The fourth-order valence-corrected chi connectivity index (χ4v) is 1.72. The van der Waals surface area contributed by atoms with Gasteiger partial charge in [-0.1, -0.05) is 17.7 Å². The van der Waals surface area contributed by atoms with Crippen molar-refractivity contribution in [2.24, 2.45) is 0 Å². The van der Waals surface area contributed by atoms with Gasteiger partial charge in [0.1, 0.15) is 23.3 Å². The van der Waals surface area contributed by atoms with Crippen LogP contribution in [0.4, 0.5) is 4.39 Å². The third-order valence-electron chi connectivity index (χ3n) is 2.54. The Morgan fingerprint density at radius 2 is 2.15 bits per heavy atom. The zero-order valence-corrected chi connectivity index (χ0v) is 11.3. The Bertz CT molecular complexity index is 671. The van der Waals surface area contributed by atoms with Crippen LogP contribution >= 0.6 is 11.6 Å². The van der Waals surface area contributed by atoms with Crippen LogP contribution in [0.25, 0.3) is 0 Å². The third-order valence-corrected chi connectivity index (χ3v) is 2.73. The van der Waals surface area contributed by atoms with Crippen LogP contribution in [0, 0.1) is 17.1 Å². The number of halogens is 2. The third kappa shape index (κ3) is 3.37. The Morgan fingerprint density at radius 1 is 1.35 bits per heavy atom. The summed E-state index contributed by atoms with van der Waals surface area (Å²) in [5.41, 5.74) is 0.582. The van der Waals surface area contributed by atoms with Crippen LogP contribution in [0.3, 0.4) is 0 Å². The molecule has 0 aliphatic carbocycles. The number of nitriles is 1. The predicted molar refractivity (Wildman–Crippen MR) is 71.2 cm³/mol. The topological polar surface area (TPSA) is 55.1 Å². The zero-order chi connectivity index (χ0) is 14.5. The molecule has 1 aromatic heterocycles. The number of benzene rings is 1. The van der Waals surface area contributed by atoms with Gasteiger partial charge < -0.3 is 9.47 Å². The summed E-state index contributed by atoms with van der Waals surface area (Å²) in [7, 11) is 1.50. The van der Waals surface area contributed by atoms with Crippen molar-refractivity contribution in [1.29, 1.82) is 5.26 Å². The molecule has 0 fully saturated rings. The van der Waals surface area contributed by atoms with E-state index >= 15 is 0 Å². The molecule has 0 radical (unpaired) electrons. The molecule has 2 rings (SSSR count). The summed E-state index contributed by atoms with van der Waals surface area (Å²) in [5.74, 6) is 0.233. The fourth-order valence-electron chi connectivity index (χ4n) is 1.53. The summed E-state index contributed by atoms with van der Waals surface area (Å²) in [4.78, 5) is 3.95. The van der Waals surface area contributed by atoms with E-state index < -0.39 is 5.82 Å². The van der Waals surface area contributed by atoms with Gasteiger partial charge in [0.05, 0.1) is 18.7 Å². The molecule has 0 aliphatic rings. The Hall–Kier alpha value is -2.32. The normalized spacial score (nSPS) is 9.90. The highest BCUT2D eigenvalue weighted by molar-refractivity contribution is 6.29. The molecule has 1 aromatic carbocycles. The van der Waals surface area contributed by atoms with Gasteiger partial charge in [-0.3, -0.25) is 0 Å². The van der Waals surface area contributed by atoms with Crippen LogP contribution in [0.2, 0.25) is 5.15 Å². The van der Waals surface area contributed by atoms with Crippen LogP contribution in [-0.4, -0.2) is 12.1 Å². The summed E-state index contributed by atoms with van der Waals surface area (Å²) < 4.78 is 24.1. The average molecular weight is 293 g/mol.